The normalized spacial score (nSPS) is 36.4. The van der Waals surface area contributed by atoms with Gasteiger partial charge in [0.2, 0.25) is 0 Å². The van der Waals surface area contributed by atoms with Crippen molar-refractivity contribution in [3.05, 3.63) is 29.3 Å². The smallest absolute Gasteiger partial charge is 0.157 e. The van der Waals surface area contributed by atoms with Gasteiger partial charge in [0.15, 0.2) is 6.23 Å². The van der Waals surface area contributed by atoms with Crippen molar-refractivity contribution in [2.45, 2.75) is 37.6 Å². The Balaban J connectivity index is 2.06. The van der Waals surface area contributed by atoms with Crippen molar-refractivity contribution in [1.29, 1.82) is 0 Å². The molecule has 2 rings (SSSR count). The van der Waals surface area contributed by atoms with Crippen LogP contribution in [0.25, 0.3) is 0 Å². The molecule has 1 fully saturated rings. The zero-order chi connectivity index (χ0) is 13.3. The first-order chi connectivity index (χ1) is 8.49. The van der Waals surface area contributed by atoms with E-state index in [-0.39, 0.29) is 0 Å². The third kappa shape index (κ3) is 2.76. The van der Waals surface area contributed by atoms with Crippen LogP contribution in [0.2, 0.25) is 5.02 Å². The van der Waals surface area contributed by atoms with Crippen LogP contribution in [0.15, 0.2) is 24.3 Å². The van der Waals surface area contributed by atoms with E-state index in [1.807, 2.05) is 0 Å². The molecule has 0 saturated carbocycles. The number of rotatable bonds is 2. The largest absolute Gasteiger partial charge is 0.388 e. The van der Waals surface area contributed by atoms with Gasteiger partial charge >= 0.3 is 0 Å². The molecule has 0 aromatic heterocycles. The van der Waals surface area contributed by atoms with Crippen molar-refractivity contribution < 1.29 is 20.1 Å². The van der Waals surface area contributed by atoms with Gasteiger partial charge in [-0.15, -0.1) is 0 Å². The van der Waals surface area contributed by atoms with Crippen LogP contribution in [0.4, 0.5) is 5.69 Å². The molecule has 0 amide bonds. The molecule has 5 nitrogen and oxygen atoms in total. The summed E-state index contributed by atoms with van der Waals surface area (Å²) >= 11 is 5.77. The van der Waals surface area contributed by atoms with Crippen molar-refractivity contribution in [2.24, 2.45) is 0 Å². The molecule has 4 N–H and O–H groups in total. The van der Waals surface area contributed by atoms with E-state index in [0.29, 0.717) is 10.7 Å². The second-order valence-electron chi connectivity index (χ2n) is 4.38. The number of benzene rings is 1. The number of aliphatic hydroxyl groups is 3. The highest BCUT2D eigenvalue weighted by atomic mass is 35.5. The molecule has 100 valence electrons. The van der Waals surface area contributed by atoms with Crippen molar-refractivity contribution in [2.75, 3.05) is 5.32 Å². The molecule has 18 heavy (non-hydrogen) atoms. The van der Waals surface area contributed by atoms with E-state index in [1.54, 1.807) is 31.2 Å². The molecular formula is C12H16ClNO4. The van der Waals surface area contributed by atoms with E-state index in [0.717, 1.165) is 0 Å². The van der Waals surface area contributed by atoms with Crippen LogP contribution in [-0.4, -0.2) is 46.0 Å². The Kier molecular flexibility index (Phi) is 4.09. The van der Waals surface area contributed by atoms with Crippen LogP contribution < -0.4 is 5.32 Å². The first-order valence-electron chi connectivity index (χ1n) is 5.71. The summed E-state index contributed by atoms with van der Waals surface area (Å²) in [5, 5.41) is 32.6. The zero-order valence-corrected chi connectivity index (χ0v) is 10.6. The second kappa shape index (κ2) is 5.42. The maximum absolute atomic E-state index is 9.82. The van der Waals surface area contributed by atoms with E-state index in [1.165, 1.54) is 0 Å². The van der Waals surface area contributed by atoms with E-state index < -0.39 is 30.6 Å². The minimum atomic E-state index is -1.24. The lowest BCUT2D eigenvalue weighted by Gasteiger charge is -2.39. The number of hydrogen-bond acceptors (Lipinski definition) is 5. The SMILES string of the molecule is C[C@@H]1O[C@@H](Nc2ccc(Cl)cc2)[C@@H](O)[C@@H](O)[C@H]1O. The Morgan fingerprint density at radius 3 is 2.28 bits per heavy atom. The highest BCUT2D eigenvalue weighted by molar-refractivity contribution is 6.30. The quantitative estimate of drug-likeness (QED) is 0.634. The number of halogens is 1. The van der Waals surface area contributed by atoms with Crippen LogP contribution in [0, 0.1) is 0 Å². The number of ether oxygens (including phenoxy) is 1. The maximum Gasteiger partial charge on any atom is 0.157 e. The van der Waals surface area contributed by atoms with E-state index in [9.17, 15) is 15.3 Å². The summed E-state index contributed by atoms with van der Waals surface area (Å²) in [6, 6.07) is 6.88. The fraction of sp³-hybridized carbons (Fsp3) is 0.500. The third-order valence-corrected chi connectivity index (χ3v) is 3.26. The van der Waals surface area contributed by atoms with Crippen molar-refractivity contribution in [3.63, 3.8) is 0 Å². The Labute approximate surface area is 110 Å². The van der Waals surface area contributed by atoms with E-state index >= 15 is 0 Å². The number of anilines is 1. The van der Waals surface area contributed by atoms with Crippen LogP contribution in [0.1, 0.15) is 6.92 Å². The van der Waals surface area contributed by atoms with Gasteiger partial charge in [0.25, 0.3) is 0 Å². The highest BCUT2D eigenvalue weighted by Gasteiger charge is 2.41. The van der Waals surface area contributed by atoms with Gasteiger partial charge in [0.05, 0.1) is 6.10 Å². The molecule has 6 heteroatoms. The average molecular weight is 274 g/mol. The molecule has 0 bridgehead atoms. The molecule has 0 unspecified atom stereocenters. The van der Waals surface area contributed by atoms with Crippen LogP contribution in [0.3, 0.4) is 0 Å². The summed E-state index contributed by atoms with van der Waals surface area (Å²) in [4.78, 5) is 0. The maximum atomic E-state index is 9.82. The summed E-state index contributed by atoms with van der Waals surface area (Å²) in [5.74, 6) is 0. The molecule has 5 atom stereocenters. The third-order valence-electron chi connectivity index (χ3n) is 3.01. The van der Waals surface area contributed by atoms with Crippen molar-refractivity contribution >= 4 is 17.3 Å². The topological polar surface area (TPSA) is 82.0 Å². The van der Waals surface area contributed by atoms with E-state index in [4.69, 9.17) is 16.3 Å². The lowest BCUT2D eigenvalue weighted by atomic mass is 9.99. The Morgan fingerprint density at radius 1 is 1.06 bits per heavy atom. The molecule has 1 saturated heterocycles. The van der Waals surface area contributed by atoms with Gasteiger partial charge in [0.1, 0.15) is 18.3 Å². The van der Waals surface area contributed by atoms with Crippen molar-refractivity contribution in [3.8, 4) is 0 Å². The van der Waals surface area contributed by atoms with Gasteiger partial charge in [-0.25, -0.2) is 0 Å². The van der Waals surface area contributed by atoms with Crippen molar-refractivity contribution in [1.82, 2.24) is 0 Å². The molecule has 1 aromatic rings. The highest BCUT2D eigenvalue weighted by Crippen LogP contribution is 2.23. The minimum absolute atomic E-state index is 0.562. The lowest BCUT2D eigenvalue weighted by molar-refractivity contribution is -0.209. The molecule has 1 aliphatic heterocycles. The van der Waals surface area contributed by atoms with E-state index in [2.05, 4.69) is 5.32 Å². The Hall–Kier alpha value is -0.850. The number of aliphatic hydroxyl groups excluding tert-OH is 3. The fourth-order valence-corrected chi connectivity index (χ4v) is 2.01. The van der Waals surface area contributed by atoms with Crippen LogP contribution >= 0.6 is 11.6 Å². The standard InChI is InChI=1S/C12H16ClNO4/c1-6-9(15)10(16)11(17)12(18-6)14-8-4-2-7(13)3-5-8/h2-6,9-12,14-17H,1H3/t6-,9-,10-,11-,12+/m0/s1. The van der Waals surface area contributed by atoms with Gasteiger partial charge < -0.3 is 25.4 Å². The fourth-order valence-electron chi connectivity index (χ4n) is 1.88. The Bertz CT molecular complexity index is 400. The lowest BCUT2D eigenvalue weighted by Crippen LogP contribution is -2.58. The summed E-state index contributed by atoms with van der Waals surface area (Å²) in [6.07, 6.45) is -4.87. The summed E-state index contributed by atoms with van der Waals surface area (Å²) in [7, 11) is 0. The molecule has 1 aliphatic rings. The predicted octanol–water partition coefficient (Wildman–Crippen LogP) is 0.579. The monoisotopic (exact) mass is 273 g/mol. The number of hydrogen-bond donors (Lipinski definition) is 4. The first kappa shape index (κ1) is 13.6. The summed E-state index contributed by atoms with van der Waals surface area (Å²) in [5.41, 5.74) is 0.708. The van der Waals surface area contributed by atoms with Crippen LogP contribution in [-0.2, 0) is 4.74 Å². The van der Waals surface area contributed by atoms with Gasteiger partial charge in [-0.05, 0) is 31.2 Å². The zero-order valence-electron chi connectivity index (χ0n) is 9.82. The summed E-state index contributed by atoms with van der Waals surface area (Å²) in [6.45, 7) is 1.64. The molecule has 1 aromatic carbocycles. The molecule has 0 aliphatic carbocycles. The van der Waals surface area contributed by atoms with Gasteiger partial charge in [-0.2, -0.15) is 0 Å². The molecule has 1 heterocycles. The van der Waals surface area contributed by atoms with Gasteiger partial charge in [-0.1, -0.05) is 11.6 Å². The average Bonchev–Trinajstić information content (AvgIpc) is 2.36. The second-order valence-corrected chi connectivity index (χ2v) is 4.82. The first-order valence-corrected chi connectivity index (χ1v) is 6.08. The number of nitrogens with one attached hydrogen (secondary N) is 1. The van der Waals surface area contributed by atoms with Crippen LogP contribution in [0.5, 0.6) is 0 Å². The molecule has 0 radical (unpaired) electrons. The molecular weight excluding hydrogens is 258 g/mol. The minimum Gasteiger partial charge on any atom is -0.388 e. The van der Waals surface area contributed by atoms with Gasteiger partial charge in [0, 0.05) is 10.7 Å². The Morgan fingerprint density at radius 2 is 1.67 bits per heavy atom. The predicted molar refractivity (Wildman–Crippen MR) is 67.4 cm³/mol. The summed E-state index contributed by atoms with van der Waals surface area (Å²) < 4.78 is 5.41. The molecule has 0 spiro atoms. The van der Waals surface area contributed by atoms with Gasteiger partial charge in [-0.3, -0.25) is 0 Å².